The number of amides is 2. The average molecular weight is 193 g/mol. The number of hydrogen-bond donors (Lipinski definition) is 0. The van der Waals surface area contributed by atoms with E-state index in [-0.39, 0.29) is 17.2 Å². The Labute approximate surface area is 83.8 Å². The summed E-state index contributed by atoms with van der Waals surface area (Å²) in [6.07, 6.45) is 7.32. The molecule has 1 fully saturated rings. The maximum atomic E-state index is 11.3. The summed E-state index contributed by atoms with van der Waals surface area (Å²) in [6, 6.07) is 0. The number of imide groups is 1. The Balaban J connectivity index is 1.98. The van der Waals surface area contributed by atoms with Gasteiger partial charge in [0.15, 0.2) is 0 Å². The zero-order chi connectivity index (χ0) is 10.2. The van der Waals surface area contributed by atoms with Crippen LogP contribution in [0.1, 0.15) is 32.6 Å². The first-order valence-corrected chi connectivity index (χ1v) is 5.20. The molecule has 1 saturated carbocycles. The van der Waals surface area contributed by atoms with Crippen molar-refractivity contribution < 1.29 is 9.59 Å². The van der Waals surface area contributed by atoms with Crippen LogP contribution < -0.4 is 0 Å². The molecule has 3 heteroatoms. The fourth-order valence-corrected chi connectivity index (χ4v) is 2.12. The molecule has 0 radical (unpaired) electrons. The summed E-state index contributed by atoms with van der Waals surface area (Å²) in [5.41, 5.74) is 0.270. The average Bonchev–Trinajstić information content (AvgIpc) is 2.84. The molecule has 2 amide bonds. The van der Waals surface area contributed by atoms with Crippen molar-refractivity contribution >= 4 is 11.8 Å². The van der Waals surface area contributed by atoms with E-state index in [4.69, 9.17) is 0 Å². The fourth-order valence-electron chi connectivity index (χ4n) is 2.12. The molecular weight excluding hydrogens is 178 g/mol. The van der Waals surface area contributed by atoms with E-state index in [1.165, 1.54) is 17.1 Å². The lowest BCUT2D eigenvalue weighted by atomic mass is 10.0. The van der Waals surface area contributed by atoms with Crippen LogP contribution in [-0.2, 0) is 9.59 Å². The highest BCUT2D eigenvalue weighted by Gasteiger charge is 2.45. The van der Waals surface area contributed by atoms with Crippen molar-refractivity contribution in [3.05, 3.63) is 12.2 Å². The topological polar surface area (TPSA) is 37.4 Å². The smallest absolute Gasteiger partial charge is 0.253 e. The van der Waals surface area contributed by atoms with Gasteiger partial charge in [0.2, 0.25) is 0 Å². The predicted octanol–water partition coefficient (Wildman–Crippen LogP) is 1.49. The molecule has 0 unspecified atom stereocenters. The molecule has 0 aromatic heterocycles. The summed E-state index contributed by atoms with van der Waals surface area (Å²) in [5.74, 6) is -0.283. The van der Waals surface area contributed by atoms with E-state index in [1.807, 2.05) is 0 Å². The van der Waals surface area contributed by atoms with Gasteiger partial charge in [0, 0.05) is 18.7 Å². The summed E-state index contributed by atoms with van der Waals surface area (Å²) in [5, 5.41) is 0. The molecule has 2 rings (SSSR count). The second-order valence-corrected chi connectivity index (χ2v) is 4.35. The van der Waals surface area contributed by atoms with Crippen LogP contribution in [-0.4, -0.2) is 23.3 Å². The standard InChI is InChI=1S/C11H15NO2/c1-2-5-11(6-7-11)8-12-9(13)3-4-10(12)14/h3-4H,2,5-8H2,1H3. The molecule has 0 bridgehead atoms. The van der Waals surface area contributed by atoms with E-state index in [9.17, 15) is 9.59 Å². The van der Waals surface area contributed by atoms with Crippen LogP contribution in [0.15, 0.2) is 12.2 Å². The normalized spacial score (nSPS) is 23.4. The van der Waals surface area contributed by atoms with Crippen molar-refractivity contribution in [3.63, 3.8) is 0 Å². The Morgan fingerprint density at radius 2 is 1.86 bits per heavy atom. The summed E-state index contributed by atoms with van der Waals surface area (Å²) >= 11 is 0. The lowest BCUT2D eigenvalue weighted by Gasteiger charge is -2.21. The largest absolute Gasteiger partial charge is 0.275 e. The number of carbonyl (C=O) groups excluding carboxylic acids is 2. The predicted molar refractivity (Wildman–Crippen MR) is 52.4 cm³/mol. The second kappa shape index (κ2) is 3.23. The molecule has 1 heterocycles. The Morgan fingerprint density at radius 1 is 1.29 bits per heavy atom. The van der Waals surface area contributed by atoms with E-state index < -0.39 is 0 Å². The molecule has 0 atom stereocenters. The third kappa shape index (κ3) is 1.59. The Kier molecular flexibility index (Phi) is 2.17. The van der Waals surface area contributed by atoms with Crippen LogP contribution in [0.4, 0.5) is 0 Å². The minimum atomic E-state index is -0.141. The van der Waals surface area contributed by atoms with Crippen LogP contribution in [0.25, 0.3) is 0 Å². The van der Waals surface area contributed by atoms with Gasteiger partial charge in [0.1, 0.15) is 0 Å². The number of carbonyl (C=O) groups is 2. The second-order valence-electron chi connectivity index (χ2n) is 4.35. The number of nitrogens with zero attached hydrogens (tertiary/aromatic N) is 1. The van der Waals surface area contributed by atoms with Crippen molar-refractivity contribution in [2.45, 2.75) is 32.6 Å². The Hall–Kier alpha value is -1.12. The summed E-state index contributed by atoms with van der Waals surface area (Å²) in [7, 11) is 0. The summed E-state index contributed by atoms with van der Waals surface area (Å²) < 4.78 is 0. The maximum absolute atomic E-state index is 11.3. The molecule has 0 aromatic rings. The van der Waals surface area contributed by atoms with Gasteiger partial charge in [-0.2, -0.15) is 0 Å². The minimum Gasteiger partial charge on any atom is -0.275 e. The molecule has 3 nitrogen and oxygen atoms in total. The highest BCUT2D eigenvalue weighted by molar-refractivity contribution is 6.12. The third-order valence-corrected chi connectivity index (χ3v) is 3.13. The Morgan fingerprint density at radius 3 is 2.29 bits per heavy atom. The highest BCUT2D eigenvalue weighted by atomic mass is 16.2. The monoisotopic (exact) mass is 193 g/mol. The van der Waals surface area contributed by atoms with Crippen molar-refractivity contribution in [3.8, 4) is 0 Å². The van der Waals surface area contributed by atoms with Crippen LogP contribution >= 0.6 is 0 Å². The molecule has 76 valence electrons. The van der Waals surface area contributed by atoms with Crippen LogP contribution in [0.2, 0.25) is 0 Å². The molecule has 14 heavy (non-hydrogen) atoms. The van der Waals surface area contributed by atoms with E-state index in [0.717, 1.165) is 25.7 Å². The van der Waals surface area contributed by atoms with Gasteiger partial charge in [-0.3, -0.25) is 14.5 Å². The first kappa shape index (κ1) is 9.44. The van der Waals surface area contributed by atoms with Gasteiger partial charge in [-0.25, -0.2) is 0 Å². The van der Waals surface area contributed by atoms with Gasteiger partial charge in [-0.15, -0.1) is 0 Å². The third-order valence-electron chi connectivity index (χ3n) is 3.13. The van der Waals surface area contributed by atoms with Crippen LogP contribution in [0, 0.1) is 5.41 Å². The molecule has 0 N–H and O–H groups in total. The van der Waals surface area contributed by atoms with Crippen molar-refractivity contribution in [2.24, 2.45) is 5.41 Å². The van der Waals surface area contributed by atoms with Gasteiger partial charge in [0.25, 0.3) is 11.8 Å². The molecule has 1 aliphatic heterocycles. The van der Waals surface area contributed by atoms with Crippen LogP contribution in [0.5, 0.6) is 0 Å². The fraction of sp³-hybridized carbons (Fsp3) is 0.636. The molecule has 1 aliphatic carbocycles. The summed E-state index contributed by atoms with van der Waals surface area (Å²) in [4.78, 5) is 24.0. The SMILES string of the molecule is CCCC1(CN2C(=O)C=CC2=O)CC1. The van der Waals surface area contributed by atoms with E-state index in [2.05, 4.69) is 6.92 Å². The lowest BCUT2D eigenvalue weighted by molar-refractivity contribution is -0.137. The number of hydrogen-bond acceptors (Lipinski definition) is 2. The molecule has 0 spiro atoms. The van der Waals surface area contributed by atoms with Gasteiger partial charge in [-0.05, 0) is 24.7 Å². The zero-order valence-corrected chi connectivity index (χ0v) is 8.45. The molecule has 2 aliphatic rings. The van der Waals surface area contributed by atoms with Crippen molar-refractivity contribution in [1.29, 1.82) is 0 Å². The first-order chi connectivity index (χ1) is 6.67. The number of rotatable bonds is 4. The molecule has 0 aromatic carbocycles. The van der Waals surface area contributed by atoms with Crippen LogP contribution in [0.3, 0.4) is 0 Å². The van der Waals surface area contributed by atoms with Gasteiger partial charge >= 0.3 is 0 Å². The maximum Gasteiger partial charge on any atom is 0.253 e. The van der Waals surface area contributed by atoms with Gasteiger partial charge in [-0.1, -0.05) is 13.3 Å². The zero-order valence-electron chi connectivity index (χ0n) is 8.45. The van der Waals surface area contributed by atoms with Gasteiger partial charge < -0.3 is 0 Å². The first-order valence-electron chi connectivity index (χ1n) is 5.20. The van der Waals surface area contributed by atoms with E-state index in [0.29, 0.717) is 6.54 Å². The van der Waals surface area contributed by atoms with Crippen molar-refractivity contribution in [1.82, 2.24) is 4.90 Å². The quantitative estimate of drug-likeness (QED) is 0.634. The Bertz CT molecular complexity index is 284. The molecular formula is C11H15NO2. The van der Waals surface area contributed by atoms with E-state index in [1.54, 1.807) is 0 Å². The van der Waals surface area contributed by atoms with Gasteiger partial charge in [0.05, 0.1) is 0 Å². The molecule has 0 saturated heterocycles. The van der Waals surface area contributed by atoms with Crippen molar-refractivity contribution in [2.75, 3.05) is 6.54 Å². The highest BCUT2D eigenvalue weighted by Crippen LogP contribution is 2.50. The summed E-state index contributed by atoms with van der Waals surface area (Å²) in [6.45, 7) is 2.78. The van der Waals surface area contributed by atoms with E-state index >= 15 is 0 Å². The minimum absolute atomic E-state index is 0.141. The lowest BCUT2D eigenvalue weighted by Crippen LogP contribution is -2.35.